The van der Waals surface area contributed by atoms with E-state index in [1.54, 1.807) is 12.0 Å². The normalized spacial score (nSPS) is 18.9. The Balaban J connectivity index is 2.08. The largest absolute Gasteiger partial charge is 0.497 e. The fraction of sp³-hybridized carbons (Fsp3) is 0.462. The number of nitrogens with zero attached hydrogens (tertiary/aromatic N) is 1. The molecule has 5 nitrogen and oxygen atoms in total. The number of hydrogen-bond donors (Lipinski definition) is 1. The Hall–Kier alpha value is -1.75. The third-order valence-electron chi connectivity index (χ3n) is 3.06. The van der Waals surface area contributed by atoms with E-state index in [4.69, 9.17) is 15.2 Å². The van der Waals surface area contributed by atoms with Crippen molar-refractivity contribution in [3.63, 3.8) is 0 Å². The van der Waals surface area contributed by atoms with Crippen LogP contribution in [0.1, 0.15) is 12.0 Å². The lowest BCUT2D eigenvalue weighted by molar-refractivity contribution is 0.156. The second-order valence-corrected chi connectivity index (χ2v) is 4.29. The minimum atomic E-state index is -0.267. The quantitative estimate of drug-likeness (QED) is 0.857. The maximum absolute atomic E-state index is 11.6. The summed E-state index contributed by atoms with van der Waals surface area (Å²) in [5.74, 6) is 0.787. The number of carbonyl (C=O) groups is 1. The van der Waals surface area contributed by atoms with Crippen LogP contribution in [-0.4, -0.2) is 37.3 Å². The zero-order valence-corrected chi connectivity index (χ0v) is 10.5. The van der Waals surface area contributed by atoms with Crippen molar-refractivity contribution in [2.24, 2.45) is 5.73 Å². The number of hydrogen-bond acceptors (Lipinski definition) is 4. The standard InChI is InChI=1S/C13H18N2O3/c1-17-12-4-2-3-10(7-12)8-15-11(5-6-14)9-18-13(15)16/h2-4,7,11H,5-6,8-9,14H2,1H3. The molecule has 0 bridgehead atoms. The van der Waals surface area contributed by atoms with Crippen LogP contribution in [0.15, 0.2) is 24.3 Å². The molecule has 1 heterocycles. The third kappa shape index (κ3) is 2.73. The Kier molecular flexibility index (Phi) is 4.04. The van der Waals surface area contributed by atoms with Gasteiger partial charge in [0.1, 0.15) is 12.4 Å². The van der Waals surface area contributed by atoms with Gasteiger partial charge < -0.3 is 15.2 Å². The van der Waals surface area contributed by atoms with E-state index < -0.39 is 0 Å². The zero-order chi connectivity index (χ0) is 13.0. The monoisotopic (exact) mass is 250 g/mol. The Morgan fingerprint density at radius 1 is 1.56 bits per heavy atom. The van der Waals surface area contributed by atoms with Crippen LogP contribution in [0.4, 0.5) is 4.79 Å². The molecule has 18 heavy (non-hydrogen) atoms. The lowest BCUT2D eigenvalue weighted by Crippen LogP contribution is -2.34. The molecule has 1 aliphatic heterocycles. The maximum atomic E-state index is 11.6. The molecule has 1 aromatic carbocycles. The van der Waals surface area contributed by atoms with E-state index in [1.165, 1.54) is 0 Å². The van der Waals surface area contributed by atoms with Gasteiger partial charge in [0.05, 0.1) is 13.2 Å². The lowest BCUT2D eigenvalue weighted by Gasteiger charge is -2.21. The summed E-state index contributed by atoms with van der Waals surface area (Å²) in [4.78, 5) is 13.4. The fourth-order valence-electron chi connectivity index (χ4n) is 2.08. The van der Waals surface area contributed by atoms with Crippen molar-refractivity contribution in [2.45, 2.75) is 19.0 Å². The predicted octanol–water partition coefficient (Wildman–Crippen LogP) is 1.36. The molecule has 2 N–H and O–H groups in total. The number of benzene rings is 1. The van der Waals surface area contributed by atoms with Gasteiger partial charge in [0.15, 0.2) is 0 Å². The van der Waals surface area contributed by atoms with Gasteiger partial charge >= 0.3 is 6.09 Å². The molecule has 2 rings (SSSR count). The topological polar surface area (TPSA) is 64.8 Å². The highest BCUT2D eigenvalue weighted by Crippen LogP contribution is 2.20. The number of nitrogens with two attached hydrogens (primary N) is 1. The summed E-state index contributed by atoms with van der Waals surface area (Å²) in [5.41, 5.74) is 6.56. The van der Waals surface area contributed by atoms with Gasteiger partial charge in [-0.2, -0.15) is 0 Å². The summed E-state index contributed by atoms with van der Waals surface area (Å²) in [5, 5.41) is 0. The maximum Gasteiger partial charge on any atom is 0.410 e. The van der Waals surface area contributed by atoms with Gasteiger partial charge in [-0.05, 0) is 30.7 Å². The van der Waals surface area contributed by atoms with E-state index in [0.29, 0.717) is 19.7 Å². The first-order chi connectivity index (χ1) is 8.74. The molecule has 1 unspecified atom stereocenters. The van der Waals surface area contributed by atoms with Crippen LogP contribution in [0.25, 0.3) is 0 Å². The fourth-order valence-corrected chi connectivity index (χ4v) is 2.08. The average molecular weight is 250 g/mol. The minimum Gasteiger partial charge on any atom is -0.497 e. The molecule has 1 saturated heterocycles. The predicted molar refractivity (Wildman–Crippen MR) is 67.3 cm³/mol. The smallest absolute Gasteiger partial charge is 0.410 e. The van der Waals surface area contributed by atoms with Crippen molar-refractivity contribution in [2.75, 3.05) is 20.3 Å². The number of amides is 1. The Morgan fingerprint density at radius 2 is 2.39 bits per heavy atom. The van der Waals surface area contributed by atoms with Gasteiger partial charge in [0.25, 0.3) is 0 Å². The van der Waals surface area contributed by atoms with E-state index in [0.717, 1.165) is 17.7 Å². The molecular formula is C13H18N2O3. The van der Waals surface area contributed by atoms with Crippen LogP contribution < -0.4 is 10.5 Å². The first kappa shape index (κ1) is 12.7. The van der Waals surface area contributed by atoms with Crippen molar-refractivity contribution in [3.8, 4) is 5.75 Å². The van der Waals surface area contributed by atoms with Gasteiger partial charge in [0.2, 0.25) is 0 Å². The molecule has 1 atom stereocenters. The molecule has 0 spiro atoms. The van der Waals surface area contributed by atoms with Crippen molar-refractivity contribution in [1.29, 1.82) is 0 Å². The summed E-state index contributed by atoms with van der Waals surface area (Å²) in [6.07, 6.45) is 0.492. The summed E-state index contributed by atoms with van der Waals surface area (Å²) < 4.78 is 10.2. The number of ether oxygens (including phenoxy) is 2. The summed E-state index contributed by atoms with van der Waals surface area (Å²) >= 11 is 0. The van der Waals surface area contributed by atoms with Crippen LogP contribution in [0.5, 0.6) is 5.75 Å². The van der Waals surface area contributed by atoms with Crippen LogP contribution in [0.3, 0.4) is 0 Å². The van der Waals surface area contributed by atoms with Gasteiger partial charge in [-0.1, -0.05) is 12.1 Å². The number of methoxy groups -OCH3 is 1. The summed E-state index contributed by atoms with van der Waals surface area (Å²) in [6, 6.07) is 7.75. The van der Waals surface area contributed by atoms with Crippen molar-refractivity contribution < 1.29 is 14.3 Å². The highest BCUT2D eigenvalue weighted by Gasteiger charge is 2.32. The molecule has 98 valence electrons. The molecule has 1 aliphatic rings. The highest BCUT2D eigenvalue weighted by atomic mass is 16.6. The first-order valence-corrected chi connectivity index (χ1v) is 6.01. The molecule has 0 saturated carbocycles. The Labute approximate surface area is 106 Å². The van der Waals surface area contributed by atoms with Gasteiger partial charge in [0, 0.05) is 6.54 Å². The molecule has 1 aromatic rings. The van der Waals surface area contributed by atoms with E-state index in [1.807, 2.05) is 24.3 Å². The first-order valence-electron chi connectivity index (χ1n) is 6.01. The van der Waals surface area contributed by atoms with E-state index in [2.05, 4.69) is 0 Å². The van der Waals surface area contributed by atoms with Crippen LogP contribution >= 0.6 is 0 Å². The Bertz CT molecular complexity index is 422. The highest BCUT2D eigenvalue weighted by molar-refractivity contribution is 5.70. The molecule has 1 fully saturated rings. The summed E-state index contributed by atoms with van der Waals surface area (Å²) in [7, 11) is 1.63. The number of rotatable bonds is 5. The van der Waals surface area contributed by atoms with Crippen molar-refractivity contribution in [3.05, 3.63) is 29.8 Å². The molecule has 0 aromatic heterocycles. The second-order valence-electron chi connectivity index (χ2n) is 4.29. The van der Waals surface area contributed by atoms with E-state index >= 15 is 0 Å². The second kappa shape index (κ2) is 5.73. The van der Waals surface area contributed by atoms with Crippen molar-refractivity contribution in [1.82, 2.24) is 4.90 Å². The van der Waals surface area contributed by atoms with Gasteiger partial charge in [-0.15, -0.1) is 0 Å². The number of carbonyl (C=O) groups excluding carboxylic acids is 1. The minimum absolute atomic E-state index is 0.0775. The molecular weight excluding hydrogens is 232 g/mol. The molecule has 5 heteroatoms. The molecule has 0 aliphatic carbocycles. The van der Waals surface area contributed by atoms with Crippen LogP contribution in [0.2, 0.25) is 0 Å². The van der Waals surface area contributed by atoms with Gasteiger partial charge in [-0.25, -0.2) is 4.79 Å². The lowest BCUT2D eigenvalue weighted by atomic mass is 10.1. The van der Waals surface area contributed by atoms with E-state index in [9.17, 15) is 4.79 Å². The van der Waals surface area contributed by atoms with Crippen LogP contribution in [-0.2, 0) is 11.3 Å². The summed E-state index contributed by atoms with van der Waals surface area (Å²) in [6.45, 7) is 1.51. The number of cyclic esters (lactones) is 1. The van der Waals surface area contributed by atoms with E-state index in [-0.39, 0.29) is 12.1 Å². The Morgan fingerprint density at radius 3 is 3.11 bits per heavy atom. The van der Waals surface area contributed by atoms with Crippen LogP contribution in [0, 0.1) is 0 Å². The third-order valence-corrected chi connectivity index (χ3v) is 3.06. The SMILES string of the molecule is COc1cccc(CN2C(=O)OCC2CCN)c1. The molecule has 1 amide bonds. The van der Waals surface area contributed by atoms with Gasteiger partial charge in [-0.3, -0.25) is 4.90 Å². The molecule has 0 radical (unpaired) electrons. The van der Waals surface area contributed by atoms with Crippen molar-refractivity contribution >= 4 is 6.09 Å². The average Bonchev–Trinajstić information content (AvgIpc) is 2.72. The zero-order valence-electron chi connectivity index (χ0n) is 10.5.